The molecule has 0 aliphatic rings. The molecule has 0 saturated carbocycles. The Bertz CT molecular complexity index is 15.0. The Balaban J connectivity index is 0. The first-order chi connectivity index (χ1) is 2.41. The Morgan fingerprint density at radius 3 is 2.00 bits per heavy atom. The SMILES string of the molecule is CCCCP.[ClH2+]. The van der Waals surface area contributed by atoms with Crippen LogP contribution in [0.4, 0.5) is 0 Å². The molecule has 2 heteroatoms. The zero-order valence-corrected chi connectivity index (χ0v) is 6.20. The van der Waals surface area contributed by atoms with E-state index in [4.69, 9.17) is 0 Å². The quantitative estimate of drug-likeness (QED) is 0.488. The van der Waals surface area contributed by atoms with Gasteiger partial charge in [-0.25, -0.2) is 0 Å². The van der Waals surface area contributed by atoms with E-state index in [2.05, 4.69) is 16.2 Å². The first-order valence-electron chi connectivity index (χ1n) is 2.12. The first kappa shape index (κ1) is 9.87. The van der Waals surface area contributed by atoms with E-state index in [1.807, 2.05) is 0 Å². The second-order valence-corrected chi connectivity index (χ2v) is 1.72. The molecule has 0 nitrogen and oxygen atoms in total. The Hall–Kier alpha value is 0.720. The summed E-state index contributed by atoms with van der Waals surface area (Å²) in [6.45, 7) is 2.20. The molecule has 0 heterocycles. The largest absolute Gasteiger partial charge is 0.138 e. The minimum Gasteiger partial charge on any atom is -0.138 e. The van der Waals surface area contributed by atoms with E-state index in [1.165, 1.54) is 19.0 Å². The van der Waals surface area contributed by atoms with Gasteiger partial charge in [0.1, 0.15) is 0 Å². The molecule has 0 spiro atoms. The van der Waals surface area contributed by atoms with Crippen LogP contribution in [0.15, 0.2) is 0 Å². The zero-order chi connectivity index (χ0) is 4.12. The minimum atomic E-state index is 0. The molecule has 0 saturated heterocycles. The summed E-state index contributed by atoms with van der Waals surface area (Å²) < 4.78 is 0. The van der Waals surface area contributed by atoms with Gasteiger partial charge < -0.3 is 0 Å². The maximum Gasteiger partial charge on any atom is 0.0903 e. The van der Waals surface area contributed by atoms with Crippen LogP contribution in [0.25, 0.3) is 0 Å². The summed E-state index contributed by atoms with van der Waals surface area (Å²) >= 11 is 0. The lowest BCUT2D eigenvalue weighted by molar-refractivity contribution is -0.00000109. The minimum absolute atomic E-state index is 0. The highest BCUT2D eigenvalue weighted by Crippen LogP contribution is 1.89. The molecule has 40 valence electrons. The standard InChI is InChI=1S/C4H11P.ClH2/c1-2-3-4-5;/h2-5H2,1H3;1H2/q;+1. The van der Waals surface area contributed by atoms with E-state index in [-0.39, 0.29) is 12.4 Å². The molecule has 0 rings (SSSR count). The topological polar surface area (TPSA) is 0 Å². The smallest absolute Gasteiger partial charge is 0.0903 e. The first-order valence-corrected chi connectivity index (χ1v) is 2.93. The van der Waals surface area contributed by atoms with Gasteiger partial charge in [0.25, 0.3) is 0 Å². The highest BCUT2D eigenvalue weighted by Gasteiger charge is 1.68. The molecule has 0 radical (unpaired) electrons. The summed E-state index contributed by atoms with van der Waals surface area (Å²) in [5.41, 5.74) is 0. The molecule has 0 fully saturated rings. The van der Waals surface area contributed by atoms with Crippen LogP contribution in [0, 0.1) is 12.4 Å². The van der Waals surface area contributed by atoms with Gasteiger partial charge in [-0.05, 0) is 6.16 Å². The van der Waals surface area contributed by atoms with Crippen molar-refractivity contribution in [2.24, 2.45) is 0 Å². The average molecular weight is 128 g/mol. The van der Waals surface area contributed by atoms with Crippen LogP contribution in [-0.4, -0.2) is 6.16 Å². The molecule has 0 aliphatic heterocycles. The van der Waals surface area contributed by atoms with Crippen LogP contribution in [0.1, 0.15) is 19.8 Å². The normalized spacial score (nSPS) is 7.00. The zero-order valence-electron chi connectivity index (χ0n) is 4.15. The van der Waals surface area contributed by atoms with E-state index in [1.54, 1.807) is 0 Å². The summed E-state index contributed by atoms with van der Waals surface area (Å²) in [5.74, 6) is 0. The fourth-order valence-corrected chi connectivity index (χ4v) is 0.612. The Kier molecular flexibility index (Phi) is 15.1. The van der Waals surface area contributed by atoms with Crippen molar-refractivity contribution < 1.29 is 12.4 Å². The lowest BCUT2D eigenvalue weighted by Gasteiger charge is -1.79. The van der Waals surface area contributed by atoms with Crippen LogP contribution in [0.5, 0.6) is 0 Å². The van der Waals surface area contributed by atoms with Gasteiger partial charge in [0, 0.05) is 0 Å². The summed E-state index contributed by atoms with van der Waals surface area (Å²) in [6, 6.07) is 0. The third-order valence-electron chi connectivity index (χ3n) is 0.558. The molecule has 0 aromatic heterocycles. The fraction of sp³-hybridized carbons (Fsp3) is 1.00. The molecule has 0 amide bonds. The van der Waals surface area contributed by atoms with Crippen molar-refractivity contribution in [2.45, 2.75) is 19.8 Å². The monoisotopic (exact) mass is 127 g/mol. The predicted octanol–water partition coefficient (Wildman–Crippen LogP) is 1.13. The molecule has 0 aromatic carbocycles. The van der Waals surface area contributed by atoms with Crippen molar-refractivity contribution in [1.29, 1.82) is 0 Å². The van der Waals surface area contributed by atoms with Crippen molar-refractivity contribution in [2.75, 3.05) is 6.16 Å². The molecule has 0 bridgehead atoms. The van der Waals surface area contributed by atoms with Crippen LogP contribution in [-0.2, 0) is 0 Å². The average Bonchev–Trinajstić information content (AvgIpc) is 1.41. The molecule has 0 aromatic rings. The van der Waals surface area contributed by atoms with E-state index >= 15 is 0 Å². The van der Waals surface area contributed by atoms with Gasteiger partial charge in [-0.3, -0.25) is 0 Å². The number of hydrogen-bond acceptors (Lipinski definition) is 0. The van der Waals surface area contributed by atoms with Gasteiger partial charge in [0.2, 0.25) is 0 Å². The number of rotatable bonds is 2. The van der Waals surface area contributed by atoms with E-state index < -0.39 is 0 Å². The maximum absolute atomic E-state index is 2.70. The summed E-state index contributed by atoms with van der Waals surface area (Å²) in [6.07, 6.45) is 3.94. The molecule has 0 N–H and O–H groups in total. The van der Waals surface area contributed by atoms with Crippen molar-refractivity contribution in [1.82, 2.24) is 0 Å². The lowest BCUT2D eigenvalue weighted by Crippen LogP contribution is -1.64. The highest BCUT2D eigenvalue weighted by atomic mass is 35.5. The number of unbranched alkanes of at least 4 members (excludes halogenated alkanes) is 1. The maximum atomic E-state index is 2.70. The van der Waals surface area contributed by atoms with Gasteiger partial charge in [-0.15, -0.1) is 9.24 Å². The van der Waals surface area contributed by atoms with Crippen LogP contribution in [0.3, 0.4) is 0 Å². The molecule has 1 atom stereocenters. The molecule has 0 aliphatic carbocycles. The summed E-state index contributed by atoms with van der Waals surface area (Å²) in [7, 11) is 2.70. The van der Waals surface area contributed by atoms with Gasteiger partial charge in [-0.1, -0.05) is 19.8 Å². The molecular formula is C4H13ClP+. The van der Waals surface area contributed by atoms with Crippen molar-refractivity contribution in [3.63, 3.8) is 0 Å². The van der Waals surface area contributed by atoms with E-state index in [0.717, 1.165) is 0 Å². The van der Waals surface area contributed by atoms with Crippen molar-refractivity contribution in [3.05, 3.63) is 0 Å². The third-order valence-corrected chi connectivity index (χ3v) is 0.966. The Morgan fingerprint density at radius 1 is 1.50 bits per heavy atom. The van der Waals surface area contributed by atoms with Gasteiger partial charge >= 0.3 is 0 Å². The third kappa shape index (κ3) is 8.83. The number of hydrogen-bond donors (Lipinski definition) is 0. The predicted molar refractivity (Wildman–Crippen MR) is 32.3 cm³/mol. The lowest BCUT2D eigenvalue weighted by atomic mass is 10.4. The highest BCUT2D eigenvalue weighted by molar-refractivity contribution is 7.16. The van der Waals surface area contributed by atoms with Crippen LogP contribution >= 0.6 is 9.24 Å². The van der Waals surface area contributed by atoms with Gasteiger partial charge in [-0.2, -0.15) is 0 Å². The fourth-order valence-electron chi connectivity index (χ4n) is 0.204. The molecular weight excluding hydrogens is 114 g/mol. The Labute approximate surface area is 48.3 Å². The summed E-state index contributed by atoms with van der Waals surface area (Å²) in [4.78, 5) is 0. The van der Waals surface area contributed by atoms with Gasteiger partial charge in [0.15, 0.2) is 0 Å². The van der Waals surface area contributed by atoms with Gasteiger partial charge in [0.05, 0.1) is 12.4 Å². The van der Waals surface area contributed by atoms with Crippen molar-refractivity contribution >= 4 is 9.24 Å². The second-order valence-electron chi connectivity index (χ2n) is 1.14. The van der Waals surface area contributed by atoms with Crippen molar-refractivity contribution in [3.8, 4) is 0 Å². The Morgan fingerprint density at radius 2 is 2.00 bits per heavy atom. The van der Waals surface area contributed by atoms with E-state index in [0.29, 0.717) is 0 Å². The summed E-state index contributed by atoms with van der Waals surface area (Å²) in [5, 5.41) is 0. The number of halogens is 1. The molecule has 6 heavy (non-hydrogen) atoms. The van der Waals surface area contributed by atoms with E-state index in [9.17, 15) is 0 Å². The van der Waals surface area contributed by atoms with Crippen LogP contribution in [0.2, 0.25) is 0 Å². The second kappa shape index (κ2) is 9.21. The molecule has 1 unspecified atom stereocenters. The van der Waals surface area contributed by atoms with Crippen LogP contribution < -0.4 is 0 Å².